The van der Waals surface area contributed by atoms with Gasteiger partial charge in [0.15, 0.2) is 0 Å². The zero-order valence-electron chi connectivity index (χ0n) is 9.07. The Kier molecular flexibility index (Phi) is 5.54. The van der Waals surface area contributed by atoms with Crippen LogP contribution in [0.3, 0.4) is 0 Å². The van der Waals surface area contributed by atoms with E-state index in [0.717, 1.165) is 0 Å². The van der Waals surface area contributed by atoms with Gasteiger partial charge in [0.25, 0.3) is 5.91 Å². The standard InChI is InChI=1S/C11H13BrFNO3/c12-10-7-8(13)1-2-9(10)11(17)14(3-5-15)4-6-16/h1-2,7,15-16H,3-6H2. The fraction of sp³-hybridized carbons (Fsp3) is 0.364. The topological polar surface area (TPSA) is 60.8 Å². The SMILES string of the molecule is O=C(c1ccc(F)cc1Br)N(CCO)CCO. The Hall–Kier alpha value is -0.980. The molecule has 17 heavy (non-hydrogen) atoms. The van der Waals surface area contributed by atoms with E-state index in [2.05, 4.69) is 15.9 Å². The molecule has 0 radical (unpaired) electrons. The highest BCUT2D eigenvalue weighted by atomic mass is 79.9. The third-order valence-electron chi connectivity index (χ3n) is 2.19. The van der Waals surface area contributed by atoms with Crippen molar-refractivity contribution in [1.29, 1.82) is 0 Å². The number of aliphatic hydroxyl groups is 2. The van der Waals surface area contributed by atoms with E-state index in [-0.39, 0.29) is 32.2 Å². The third-order valence-corrected chi connectivity index (χ3v) is 2.84. The van der Waals surface area contributed by atoms with Crippen molar-refractivity contribution in [2.24, 2.45) is 0 Å². The van der Waals surface area contributed by atoms with Gasteiger partial charge in [-0.15, -0.1) is 0 Å². The molecule has 1 aromatic rings. The Balaban J connectivity index is 2.92. The smallest absolute Gasteiger partial charge is 0.255 e. The largest absolute Gasteiger partial charge is 0.395 e. The van der Waals surface area contributed by atoms with E-state index >= 15 is 0 Å². The van der Waals surface area contributed by atoms with Gasteiger partial charge in [-0.1, -0.05) is 0 Å². The van der Waals surface area contributed by atoms with E-state index in [9.17, 15) is 9.18 Å². The van der Waals surface area contributed by atoms with Crippen molar-refractivity contribution in [2.75, 3.05) is 26.3 Å². The first-order valence-corrected chi connectivity index (χ1v) is 5.85. The van der Waals surface area contributed by atoms with Gasteiger partial charge in [-0.25, -0.2) is 4.39 Å². The normalized spacial score (nSPS) is 10.4. The van der Waals surface area contributed by atoms with Gasteiger partial charge in [-0.05, 0) is 34.1 Å². The van der Waals surface area contributed by atoms with Crippen LogP contribution in [0, 0.1) is 5.82 Å². The maximum absolute atomic E-state index is 12.9. The predicted molar refractivity (Wildman–Crippen MR) is 64.2 cm³/mol. The molecule has 0 saturated heterocycles. The molecule has 6 heteroatoms. The van der Waals surface area contributed by atoms with Gasteiger partial charge < -0.3 is 15.1 Å². The summed E-state index contributed by atoms with van der Waals surface area (Å²) in [7, 11) is 0. The summed E-state index contributed by atoms with van der Waals surface area (Å²) in [5.74, 6) is -0.802. The fourth-order valence-corrected chi connectivity index (χ4v) is 1.91. The van der Waals surface area contributed by atoms with Crippen molar-refractivity contribution < 1.29 is 19.4 Å². The quantitative estimate of drug-likeness (QED) is 0.854. The lowest BCUT2D eigenvalue weighted by Crippen LogP contribution is -2.36. The first-order valence-electron chi connectivity index (χ1n) is 5.06. The molecule has 0 aliphatic rings. The van der Waals surface area contributed by atoms with E-state index in [1.807, 2.05) is 0 Å². The minimum absolute atomic E-state index is 0.128. The highest BCUT2D eigenvalue weighted by Gasteiger charge is 2.17. The monoisotopic (exact) mass is 305 g/mol. The van der Waals surface area contributed by atoms with E-state index in [0.29, 0.717) is 10.0 Å². The second-order valence-electron chi connectivity index (χ2n) is 3.36. The Morgan fingerprint density at radius 1 is 1.29 bits per heavy atom. The first-order chi connectivity index (χ1) is 8.10. The third kappa shape index (κ3) is 3.76. The highest BCUT2D eigenvalue weighted by Crippen LogP contribution is 2.19. The molecule has 2 N–H and O–H groups in total. The summed E-state index contributed by atoms with van der Waals surface area (Å²) >= 11 is 3.11. The summed E-state index contributed by atoms with van der Waals surface area (Å²) in [5.41, 5.74) is 0.299. The fourth-order valence-electron chi connectivity index (χ4n) is 1.39. The second kappa shape index (κ2) is 6.68. The van der Waals surface area contributed by atoms with Crippen LogP contribution in [0.1, 0.15) is 10.4 Å². The summed E-state index contributed by atoms with van der Waals surface area (Å²) < 4.78 is 13.2. The summed E-state index contributed by atoms with van der Waals surface area (Å²) in [6.45, 7) is -0.123. The highest BCUT2D eigenvalue weighted by molar-refractivity contribution is 9.10. The van der Waals surface area contributed by atoms with Gasteiger partial charge in [0, 0.05) is 17.6 Å². The van der Waals surface area contributed by atoms with Crippen LogP contribution in [-0.4, -0.2) is 47.3 Å². The van der Waals surface area contributed by atoms with Crippen LogP contribution in [0.4, 0.5) is 4.39 Å². The van der Waals surface area contributed by atoms with Gasteiger partial charge >= 0.3 is 0 Å². The summed E-state index contributed by atoms with van der Waals surface area (Å²) in [5, 5.41) is 17.7. The second-order valence-corrected chi connectivity index (χ2v) is 4.22. The Morgan fingerprint density at radius 2 is 1.88 bits per heavy atom. The lowest BCUT2D eigenvalue weighted by Gasteiger charge is -2.21. The molecule has 0 saturated carbocycles. The van der Waals surface area contributed by atoms with Crippen LogP contribution in [-0.2, 0) is 0 Å². The Morgan fingerprint density at radius 3 is 2.35 bits per heavy atom. The van der Waals surface area contributed by atoms with Gasteiger partial charge in [-0.2, -0.15) is 0 Å². The van der Waals surface area contributed by atoms with Crippen molar-refractivity contribution in [1.82, 2.24) is 4.90 Å². The maximum atomic E-state index is 12.9. The number of hydrogen-bond donors (Lipinski definition) is 2. The Labute approximate surface area is 107 Å². The van der Waals surface area contributed by atoms with Crippen LogP contribution < -0.4 is 0 Å². The van der Waals surface area contributed by atoms with Gasteiger partial charge in [0.2, 0.25) is 0 Å². The number of nitrogens with zero attached hydrogens (tertiary/aromatic N) is 1. The van der Waals surface area contributed by atoms with Crippen molar-refractivity contribution in [3.05, 3.63) is 34.1 Å². The molecule has 1 amide bonds. The minimum Gasteiger partial charge on any atom is -0.395 e. The van der Waals surface area contributed by atoms with E-state index < -0.39 is 5.82 Å². The van der Waals surface area contributed by atoms with Crippen molar-refractivity contribution in [2.45, 2.75) is 0 Å². The lowest BCUT2D eigenvalue weighted by atomic mass is 10.2. The van der Waals surface area contributed by atoms with Crippen molar-refractivity contribution >= 4 is 21.8 Å². The van der Waals surface area contributed by atoms with E-state index in [1.165, 1.54) is 23.1 Å². The summed E-state index contributed by atoms with van der Waals surface area (Å²) in [6.07, 6.45) is 0. The first kappa shape index (κ1) is 14.1. The molecule has 0 spiro atoms. The molecule has 0 aliphatic carbocycles. The summed E-state index contributed by atoms with van der Waals surface area (Å²) in [6, 6.07) is 3.75. The van der Waals surface area contributed by atoms with Crippen molar-refractivity contribution in [3.63, 3.8) is 0 Å². The van der Waals surface area contributed by atoms with E-state index in [4.69, 9.17) is 10.2 Å². The van der Waals surface area contributed by atoms with Gasteiger partial charge in [0.1, 0.15) is 5.82 Å². The molecular weight excluding hydrogens is 293 g/mol. The number of benzene rings is 1. The molecule has 1 rings (SSSR count). The number of hydrogen-bond acceptors (Lipinski definition) is 3. The molecule has 0 heterocycles. The van der Waals surface area contributed by atoms with Crippen LogP contribution in [0.5, 0.6) is 0 Å². The molecule has 0 bridgehead atoms. The number of carbonyl (C=O) groups excluding carboxylic acids is 1. The molecule has 1 aromatic carbocycles. The number of rotatable bonds is 5. The predicted octanol–water partition coefficient (Wildman–Crippen LogP) is 1.01. The summed E-state index contributed by atoms with van der Waals surface area (Å²) in [4.78, 5) is 13.3. The molecule has 0 aromatic heterocycles. The minimum atomic E-state index is -0.440. The van der Waals surface area contributed by atoms with Crippen LogP contribution in [0.2, 0.25) is 0 Å². The van der Waals surface area contributed by atoms with Gasteiger partial charge in [0.05, 0.1) is 18.8 Å². The maximum Gasteiger partial charge on any atom is 0.255 e. The molecular formula is C11H13BrFNO3. The molecule has 0 unspecified atom stereocenters. The van der Waals surface area contributed by atoms with E-state index in [1.54, 1.807) is 0 Å². The van der Waals surface area contributed by atoms with Crippen LogP contribution >= 0.6 is 15.9 Å². The number of aliphatic hydroxyl groups excluding tert-OH is 2. The molecule has 0 atom stereocenters. The molecule has 0 fully saturated rings. The zero-order chi connectivity index (χ0) is 12.8. The molecule has 0 aliphatic heterocycles. The lowest BCUT2D eigenvalue weighted by molar-refractivity contribution is 0.0684. The number of halogens is 2. The number of amides is 1. The molecule has 94 valence electrons. The van der Waals surface area contributed by atoms with Crippen molar-refractivity contribution in [3.8, 4) is 0 Å². The molecule has 4 nitrogen and oxygen atoms in total. The van der Waals surface area contributed by atoms with Crippen LogP contribution in [0.25, 0.3) is 0 Å². The average molecular weight is 306 g/mol. The van der Waals surface area contributed by atoms with Gasteiger partial charge in [-0.3, -0.25) is 4.79 Å². The Bertz CT molecular complexity index is 394. The average Bonchev–Trinajstić information content (AvgIpc) is 2.28. The van der Waals surface area contributed by atoms with Crippen LogP contribution in [0.15, 0.2) is 22.7 Å². The zero-order valence-corrected chi connectivity index (χ0v) is 10.7. The number of carbonyl (C=O) groups is 1.